The van der Waals surface area contributed by atoms with Crippen LogP contribution >= 0.6 is 0 Å². The van der Waals surface area contributed by atoms with Crippen molar-refractivity contribution in [3.05, 3.63) is 77.4 Å². The van der Waals surface area contributed by atoms with Crippen LogP contribution < -0.4 is 10.6 Å². The van der Waals surface area contributed by atoms with Gasteiger partial charge in [0.05, 0.1) is 0 Å². The molecular weight excluding hydrogens is 370 g/mol. The van der Waals surface area contributed by atoms with Crippen LogP contribution in [0.3, 0.4) is 0 Å². The molecular formula is C21H23N5O3. The molecule has 2 aromatic carbocycles. The maximum atomic E-state index is 12.3. The molecule has 0 spiro atoms. The molecule has 3 amide bonds. The van der Waals surface area contributed by atoms with Crippen LogP contribution in [0.4, 0.5) is 10.5 Å². The van der Waals surface area contributed by atoms with Crippen LogP contribution in [0.5, 0.6) is 0 Å². The number of carbonyl (C=O) groups is 2. The van der Waals surface area contributed by atoms with E-state index in [0.717, 1.165) is 16.8 Å². The zero-order chi connectivity index (χ0) is 20.6. The highest BCUT2D eigenvalue weighted by Crippen LogP contribution is 2.10. The Kier molecular flexibility index (Phi) is 6.57. The molecule has 0 aliphatic rings. The SMILES string of the molecule is Cc1cccc(NC(=O)N(C)CCc2noc(C(=O)NCc3ccccc3)n2)c1. The summed E-state index contributed by atoms with van der Waals surface area (Å²) >= 11 is 0. The average molecular weight is 393 g/mol. The maximum Gasteiger partial charge on any atom is 0.321 e. The largest absolute Gasteiger partial charge is 0.344 e. The van der Waals surface area contributed by atoms with Crippen molar-refractivity contribution < 1.29 is 14.1 Å². The quantitative estimate of drug-likeness (QED) is 0.643. The van der Waals surface area contributed by atoms with Crippen molar-refractivity contribution >= 4 is 17.6 Å². The second-order valence-electron chi connectivity index (χ2n) is 6.66. The van der Waals surface area contributed by atoms with Crippen molar-refractivity contribution in [2.45, 2.75) is 19.9 Å². The molecule has 0 saturated heterocycles. The van der Waals surface area contributed by atoms with Gasteiger partial charge in [0.1, 0.15) is 0 Å². The summed E-state index contributed by atoms with van der Waals surface area (Å²) in [5, 5.41) is 9.38. The van der Waals surface area contributed by atoms with Crippen LogP contribution in [0.15, 0.2) is 59.1 Å². The normalized spacial score (nSPS) is 10.4. The van der Waals surface area contributed by atoms with Gasteiger partial charge in [0, 0.05) is 32.2 Å². The molecule has 150 valence electrons. The lowest BCUT2D eigenvalue weighted by atomic mass is 10.2. The molecule has 0 bridgehead atoms. The third-order valence-corrected chi connectivity index (χ3v) is 4.25. The summed E-state index contributed by atoms with van der Waals surface area (Å²) in [7, 11) is 1.68. The molecule has 8 nitrogen and oxygen atoms in total. The highest BCUT2D eigenvalue weighted by atomic mass is 16.5. The number of amides is 3. The lowest BCUT2D eigenvalue weighted by Gasteiger charge is -2.17. The van der Waals surface area contributed by atoms with Gasteiger partial charge in [0.15, 0.2) is 5.82 Å². The highest BCUT2D eigenvalue weighted by Gasteiger charge is 2.16. The number of likely N-dealkylation sites (N-methyl/N-ethyl adjacent to an activating group) is 1. The summed E-state index contributed by atoms with van der Waals surface area (Å²) < 4.78 is 5.02. The minimum absolute atomic E-state index is 0.0946. The van der Waals surface area contributed by atoms with E-state index in [1.54, 1.807) is 7.05 Å². The van der Waals surface area contributed by atoms with Crippen molar-refractivity contribution in [2.75, 3.05) is 18.9 Å². The van der Waals surface area contributed by atoms with E-state index < -0.39 is 5.91 Å². The van der Waals surface area contributed by atoms with Crippen molar-refractivity contribution in [1.82, 2.24) is 20.4 Å². The molecule has 0 fully saturated rings. The van der Waals surface area contributed by atoms with E-state index in [4.69, 9.17) is 4.52 Å². The smallest absolute Gasteiger partial charge is 0.321 e. The van der Waals surface area contributed by atoms with Gasteiger partial charge in [-0.15, -0.1) is 0 Å². The summed E-state index contributed by atoms with van der Waals surface area (Å²) in [6.07, 6.45) is 0.368. The number of nitrogens with one attached hydrogen (secondary N) is 2. The van der Waals surface area contributed by atoms with E-state index in [2.05, 4.69) is 20.8 Å². The van der Waals surface area contributed by atoms with Gasteiger partial charge in [-0.1, -0.05) is 47.6 Å². The molecule has 3 rings (SSSR count). The Morgan fingerprint density at radius 3 is 2.66 bits per heavy atom. The summed E-state index contributed by atoms with van der Waals surface area (Å²) in [4.78, 5) is 30.0. The minimum Gasteiger partial charge on any atom is -0.344 e. The van der Waals surface area contributed by atoms with Gasteiger partial charge in [-0.05, 0) is 30.2 Å². The molecule has 3 aromatic rings. The van der Waals surface area contributed by atoms with Gasteiger partial charge < -0.3 is 20.1 Å². The number of rotatable bonds is 7. The molecule has 0 radical (unpaired) electrons. The third-order valence-electron chi connectivity index (χ3n) is 4.25. The Hall–Kier alpha value is -3.68. The number of aryl methyl sites for hydroxylation is 1. The fourth-order valence-corrected chi connectivity index (χ4v) is 2.61. The first-order chi connectivity index (χ1) is 14.0. The second kappa shape index (κ2) is 9.50. The van der Waals surface area contributed by atoms with Crippen molar-refractivity contribution in [2.24, 2.45) is 0 Å². The number of carbonyl (C=O) groups excluding carboxylic acids is 2. The number of nitrogens with zero attached hydrogens (tertiary/aromatic N) is 3. The van der Waals surface area contributed by atoms with Crippen LogP contribution in [0, 0.1) is 6.92 Å². The molecule has 0 atom stereocenters. The van der Waals surface area contributed by atoms with E-state index in [9.17, 15) is 9.59 Å². The molecule has 2 N–H and O–H groups in total. The Morgan fingerprint density at radius 2 is 1.90 bits per heavy atom. The van der Waals surface area contributed by atoms with Gasteiger partial charge in [0.2, 0.25) is 0 Å². The van der Waals surface area contributed by atoms with Crippen LogP contribution in [-0.4, -0.2) is 40.6 Å². The topological polar surface area (TPSA) is 100 Å². The molecule has 1 heterocycles. The highest BCUT2D eigenvalue weighted by molar-refractivity contribution is 5.89. The Labute approximate surface area is 168 Å². The number of aromatic nitrogens is 2. The fourth-order valence-electron chi connectivity index (χ4n) is 2.61. The van der Waals surface area contributed by atoms with E-state index in [1.807, 2.05) is 61.5 Å². The van der Waals surface area contributed by atoms with Gasteiger partial charge in [-0.3, -0.25) is 4.79 Å². The molecule has 8 heteroatoms. The Balaban J connectivity index is 1.46. The van der Waals surface area contributed by atoms with E-state index in [-0.39, 0.29) is 11.9 Å². The number of hydrogen-bond donors (Lipinski definition) is 2. The van der Waals surface area contributed by atoms with Crippen molar-refractivity contribution in [1.29, 1.82) is 0 Å². The van der Waals surface area contributed by atoms with Crippen LogP contribution in [0.25, 0.3) is 0 Å². The molecule has 0 unspecified atom stereocenters. The van der Waals surface area contributed by atoms with Crippen molar-refractivity contribution in [3.63, 3.8) is 0 Å². The van der Waals surface area contributed by atoms with E-state index in [1.165, 1.54) is 4.90 Å². The molecule has 29 heavy (non-hydrogen) atoms. The Morgan fingerprint density at radius 1 is 1.10 bits per heavy atom. The van der Waals surface area contributed by atoms with Gasteiger partial charge >= 0.3 is 17.8 Å². The zero-order valence-electron chi connectivity index (χ0n) is 16.4. The number of benzene rings is 2. The van der Waals surface area contributed by atoms with E-state index >= 15 is 0 Å². The summed E-state index contributed by atoms with van der Waals surface area (Å²) in [5.74, 6) is -0.161. The standard InChI is InChI=1S/C21H23N5O3/c1-15-7-6-10-17(13-15)23-21(28)26(2)12-11-18-24-20(29-25-18)19(27)22-14-16-8-4-3-5-9-16/h3-10,13H,11-12,14H2,1-2H3,(H,22,27)(H,23,28). The zero-order valence-corrected chi connectivity index (χ0v) is 16.4. The molecule has 1 aromatic heterocycles. The lowest BCUT2D eigenvalue weighted by molar-refractivity contribution is 0.0907. The monoisotopic (exact) mass is 393 g/mol. The van der Waals surface area contributed by atoms with Gasteiger partial charge in [-0.2, -0.15) is 4.98 Å². The maximum absolute atomic E-state index is 12.3. The Bertz CT molecular complexity index is 971. The second-order valence-corrected chi connectivity index (χ2v) is 6.66. The first-order valence-corrected chi connectivity index (χ1v) is 9.25. The predicted molar refractivity (Wildman–Crippen MR) is 108 cm³/mol. The van der Waals surface area contributed by atoms with Crippen LogP contribution in [0.1, 0.15) is 27.6 Å². The van der Waals surface area contributed by atoms with Crippen LogP contribution in [-0.2, 0) is 13.0 Å². The number of anilines is 1. The third kappa shape index (κ3) is 5.90. The first kappa shape index (κ1) is 20.1. The lowest BCUT2D eigenvalue weighted by Crippen LogP contribution is -2.33. The predicted octanol–water partition coefficient (Wildman–Crippen LogP) is 3.01. The summed E-state index contributed by atoms with van der Waals surface area (Å²) in [6.45, 7) is 2.71. The number of hydrogen-bond acceptors (Lipinski definition) is 5. The van der Waals surface area contributed by atoms with Crippen molar-refractivity contribution in [3.8, 4) is 0 Å². The summed E-state index contributed by atoms with van der Waals surface area (Å²) in [5.41, 5.74) is 2.77. The van der Waals surface area contributed by atoms with E-state index in [0.29, 0.717) is 25.3 Å². The number of urea groups is 1. The van der Waals surface area contributed by atoms with Gasteiger partial charge in [0.25, 0.3) is 0 Å². The first-order valence-electron chi connectivity index (χ1n) is 9.25. The molecule has 0 saturated carbocycles. The van der Waals surface area contributed by atoms with Gasteiger partial charge in [-0.25, -0.2) is 4.79 Å². The average Bonchev–Trinajstić information content (AvgIpc) is 3.20. The fraction of sp³-hybridized carbons (Fsp3) is 0.238. The minimum atomic E-state index is -0.432. The summed E-state index contributed by atoms with van der Waals surface area (Å²) in [6, 6.07) is 16.9. The molecule has 0 aliphatic heterocycles. The molecule has 0 aliphatic carbocycles. The van der Waals surface area contributed by atoms with Crippen LogP contribution in [0.2, 0.25) is 0 Å².